The van der Waals surface area contributed by atoms with Crippen LogP contribution in [0.4, 0.5) is 9.59 Å². The summed E-state index contributed by atoms with van der Waals surface area (Å²) in [6.07, 6.45) is 2.02. The van der Waals surface area contributed by atoms with Gasteiger partial charge in [0, 0.05) is 43.2 Å². The smallest absolute Gasteiger partial charge is 0.407 e. The van der Waals surface area contributed by atoms with Crippen molar-refractivity contribution in [1.29, 1.82) is 0 Å². The van der Waals surface area contributed by atoms with Crippen molar-refractivity contribution >= 4 is 35.3 Å². The normalized spacial score (nSPS) is 15.6. The molecule has 5 amide bonds. The molecule has 1 saturated heterocycles. The Balaban J connectivity index is 1.46. The minimum absolute atomic E-state index is 0.0725. The summed E-state index contributed by atoms with van der Waals surface area (Å²) in [4.78, 5) is 67.3. The van der Waals surface area contributed by atoms with Crippen molar-refractivity contribution in [2.75, 3.05) is 26.7 Å². The average molecular weight is 827 g/mol. The van der Waals surface area contributed by atoms with Crippen molar-refractivity contribution in [1.82, 2.24) is 40.8 Å². The zero-order valence-electron chi connectivity index (χ0n) is 35.1. The number of carbonyl (C=O) groups excluding carboxylic acids is 4. The van der Waals surface area contributed by atoms with E-state index in [0.29, 0.717) is 32.5 Å². The molecule has 316 valence electrons. The van der Waals surface area contributed by atoms with E-state index in [2.05, 4.69) is 26.0 Å². The van der Waals surface area contributed by atoms with Crippen LogP contribution in [-0.4, -0.2) is 98.4 Å². The minimum atomic E-state index is -1.92. The predicted octanol–water partition coefficient (Wildman–Crippen LogP) is 5.91. The van der Waals surface area contributed by atoms with E-state index in [4.69, 9.17) is 4.74 Å². The van der Waals surface area contributed by atoms with E-state index in [0.717, 1.165) is 33.1 Å². The van der Waals surface area contributed by atoms with Crippen LogP contribution in [0.3, 0.4) is 0 Å². The van der Waals surface area contributed by atoms with Crippen LogP contribution in [0.15, 0.2) is 84.4 Å². The number of urea groups is 1. The van der Waals surface area contributed by atoms with Crippen molar-refractivity contribution in [2.45, 2.75) is 91.7 Å². The number of pyridine rings is 1. The quantitative estimate of drug-likeness (QED) is 0.0705. The molecule has 0 unspecified atom stereocenters. The number of carbonyl (C=O) groups is 4. The van der Waals surface area contributed by atoms with E-state index in [1.807, 2.05) is 120 Å². The van der Waals surface area contributed by atoms with Crippen LogP contribution in [0.5, 0.6) is 0 Å². The van der Waals surface area contributed by atoms with Crippen LogP contribution >= 0.6 is 11.3 Å². The predicted molar refractivity (Wildman–Crippen MR) is 227 cm³/mol. The molecule has 0 saturated carbocycles. The second kappa shape index (κ2) is 20.1. The lowest BCUT2D eigenvalue weighted by Crippen LogP contribution is -2.64. The molecule has 4 atom stereocenters. The molecule has 1 fully saturated rings. The first-order valence-electron chi connectivity index (χ1n) is 20.0. The number of aryl methyl sites for hydroxylation is 2. The Labute approximate surface area is 351 Å². The Bertz CT molecular complexity index is 2010. The number of ether oxygens (including phenoxy) is 1. The number of hydrazine groups is 1. The first-order chi connectivity index (χ1) is 28.1. The van der Waals surface area contributed by atoms with Crippen LogP contribution in [0.1, 0.15) is 69.3 Å². The number of aliphatic hydroxyl groups is 1. The highest BCUT2D eigenvalue weighted by atomic mass is 32.1. The molecule has 4 aromatic rings. The summed E-state index contributed by atoms with van der Waals surface area (Å²) in [5.74, 6) is -1.31. The van der Waals surface area contributed by atoms with Crippen molar-refractivity contribution in [3.05, 3.63) is 106 Å². The van der Waals surface area contributed by atoms with E-state index in [9.17, 15) is 24.3 Å². The number of nitrogens with zero attached hydrogens (tertiary/aromatic N) is 5. The summed E-state index contributed by atoms with van der Waals surface area (Å²) in [5, 5.41) is 22.7. The number of methoxy groups -OCH3 is 1. The van der Waals surface area contributed by atoms with Crippen molar-refractivity contribution < 1.29 is 29.0 Å². The topological polar surface area (TPSA) is 169 Å². The number of amides is 5. The summed E-state index contributed by atoms with van der Waals surface area (Å²) >= 11 is 1.52. The fraction of sp³-hybridized carbons (Fsp3) is 0.455. The Kier molecular flexibility index (Phi) is 15.2. The molecular formula is C44H58N8O6S. The molecule has 0 radical (unpaired) electrons. The molecule has 2 aromatic carbocycles. The van der Waals surface area contributed by atoms with Crippen LogP contribution < -0.4 is 16.1 Å². The maximum Gasteiger partial charge on any atom is 0.407 e. The van der Waals surface area contributed by atoms with Gasteiger partial charge in [-0.2, -0.15) is 0 Å². The van der Waals surface area contributed by atoms with Crippen LogP contribution in [0.2, 0.25) is 0 Å². The highest BCUT2D eigenvalue weighted by Gasteiger charge is 2.46. The van der Waals surface area contributed by atoms with Gasteiger partial charge in [0.25, 0.3) is 5.91 Å². The van der Waals surface area contributed by atoms with Gasteiger partial charge >= 0.3 is 12.1 Å². The van der Waals surface area contributed by atoms with Gasteiger partial charge in [-0.15, -0.1) is 11.3 Å². The lowest BCUT2D eigenvalue weighted by Gasteiger charge is -2.41. The molecule has 4 N–H and O–H groups in total. The molecule has 0 bridgehead atoms. The Morgan fingerprint density at radius 1 is 0.983 bits per heavy atom. The number of rotatable bonds is 18. The lowest BCUT2D eigenvalue weighted by molar-refractivity contribution is -0.141. The van der Waals surface area contributed by atoms with Gasteiger partial charge in [-0.05, 0) is 47.9 Å². The van der Waals surface area contributed by atoms with Gasteiger partial charge < -0.3 is 30.3 Å². The summed E-state index contributed by atoms with van der Waals surface area (Å²) in [6, 6.07) is 20.8. The van der Waals surface area contributed by atoms with Gasteiger partial charge in [-0.25, -0.2) is 19.6 Å². The molecule has 59 heavy (non-hydrogen) atoms. The van der Waals surface area contributed by atoms with Gasteiger partial charge in [0.05, 0.1) is 36.6 Å². The first-order valence-corrected chi connectivity index (χ1v) is 20.9. The van der Waals surface area contributed by atoms with Gasteiger partial charge in [0.2, 0.25) is 5.91 Å². The molecule has 14 nitrogen and oxygen atoms in total. The second-order valence-corrected chi connectivity index (χ2v) is 17.3. The third-order valence-corrected chi connectivity index (χ3v) is 11.3. The summed E-state index contributed by atoms with van der Waals surface area (Å²) in [5.41, 5.74) is 4.56. The van der Waals surface area contributed by atoms with Crippen LogP contribution in [0.25, 0.3) is 11.3 Å². The van der Waals surface area contributed by atoms with E-state index >= 15 is 0 Å². The number of aromatic nitrogens is 2. The SMILES string of the molecule is CC[C@H](C)[C@H](NC(=O)OC)C(=O)NN(Cc1ccc(-c2ccccn2)cc1)C[C@@](O)(CCc1ccccc1)NC(=O)[C@@H](N1CCN(Cc2csc(C)n2)C1=O)C(C)(C)C. The third kappa shape index (κ3) is 12.3. The van der Waals surface area contributed by atoms with Gasteiger partial charge in [-0.1, -0.05) is 102 Å². The number of thiazole rings is 1. The van der Waals surface area contributed by atoms with E-state index < -0.39 is 41.1 Å². The molecule has 15 heteroatoms. The number of alkyl carbamates (subject to hydrolysis) is 1. The maximum absolute atomic E-state index is 14.7. The zero-order chi connectivity index (χ0) is 42.7. The number of benzene rings is 2. The maximum atomic E-state index is 14.7. The molecule has 5 rings (SSSR count). The Morgan fingerprint density at radius 3 is 2.31 bits per heavy atom. The minimum Gasteiger partial charge on any atom is -0.453 e. The fourth-order valence-electron chi connectivity index (χ4n) is 7.24. The number of nitrogens with one attached hydrogen (secondary N) is 3. The molecule has 3 heterocycles. The third-order valence-electron chi connectivity index (χ3n) is 10.5. The van der Waals surface area contributed by atoms with Crippen molar-refractivity contribution in [2.24, 2.45) is 11.3 Å². The largest absolute Gasteiger partial charge is 0.453 e. The second-order valence-electron chi connectivity index (χ2n) is 16.3. The first kappa shape index (κ1) is 44.7. The van der Waals surface area contributed by atoms with Crippen molar-refractivity contribution in [3.63, 3.8) is 0 Å². The average Bonchev–Trinajstić information content (AvgIpc) is 3.79. The molecule has 1 aliphatic rings. The standard InChI is InChI=1S/C44H58N8O6S/c1-8-30(2)37(47-41(55)58-7)39(53)49-51(26-33-17-19-34(20-18-33)36-16-12-13-23-45-36)29-44(57,22-21-32-14-10-9-11-15-32)48-40(54)38(43(4,5)6)52-25-24-50(42(52)56)27-35-28-59-31(3)46-35/h9-20,23,28,30,37-38,57H,8,21-22,24-27,29H2,1-7H3,(H,47,55)(H,48,54)(H,49,53)/t30-,37-,38+,44-/m0/s1. The summed E-state index contributed by atoms with van der Waals surface area (Å²) in [7, 11) is 1.23. The van der Waals surface area contributed by atoms with Crippen LogP contribution in [-0.2, 0) is 33.8 Å². The highest BCUT2D eigenvalue weighted by Crippen LogP contribution is 2.30. The van der Waals surface area contributed by atoms with Crippen LogP contribution in [0, 0.1) is 18.3 Å². The summed E-state index contributed by atoms with van der Waals surface area (Å²) < 4.78 is 4.84. The Hall–Kier alpha value is -5.38. The highest BCUT2D eigenvalue weighted by molar-refractivity contribution is 7.09. The molecule has 1 aliphatic heterocycles. The molecule has 0 aliphatic carbocycles. The fourth-order valence-corrected chi connectivity index (χ4v) is 7.84. The monoisotopic (exact) mass is 826 g/mol. The summed E-state index contributed by atoms with van der Waals surface area (Å²) in [6.45, 7) is 12.3. The Morgan fingerprint density at radius 2 is 1.69 bits per heavy atom. The zero-order valence-corrected chi connectivity index (χ0v) is 35.9. The number of hydrogen-bond acceptors (Lipinski definition) is 10. The lowest BCUT2D eigenvalue weighted by atomic mass is 9.84. The van der Waals surface area contributed by atoms with E-state index in [1.54, 1.807) is 21.0 Å². The number of hydrogen-bond donors (Lipinski definition) is 4. The van der Waals surface area contributed by atoms with Gasteiger partial charge in [0.15, 0.2) is 5.72 Å². The van der Waals surface area contributed by atoms with Crippen molar-refractivity contribution in [3.8, 4) is 11.3 Å². The molecule has 2 aromatic heterocycles. The molecule has 0 spiro atoms. The van der Waals surface area contributed by atoms with Gasteiger partial charge in [0.1, 0.15) is 12.1 Å². The van der Waals surface area contributed by atoms with Gasteiger partial charge in [-0.3, -0.25) is 20.0 Å². The van der Waals surface area contributed by atoms with E-state index in [-0.39, 0.29) is 31.5 Å². The van der Waals surface area contributed by atoms with E-state index in [1.165, 1.54) is 18.4 Å². The molecular weight excluding hydrogens is 769 g/mol.